The molecule has 1 aliphatic rings. The van der Waals surface area contributed by atoms with E-state index < -0.39 is 6.10 Å². The molecule has 1 aromatic carbocycles. The maximum atomic E-state index is 12.3. The number of nitriles is 2. The standard InChI is InChI=1S/C17H14N6O2/c18-8-12-2-1-3-13(6-12)14-7-16(22-20-9-14)21-17(24)15-10-23(11-19)4-5-25-15/h1-3,6-7,9,15H,4-5,10H2,(H,21,22,24)/t15-/m1/s1. The van der Waals surface area contributed by atoms with Crippen molar-refractivity contribution in [3.05, 3.63) is 42.1 Å². The van der Waals surface area contributed by atoms with Gasteiger partial charge in [-0.2, -0.15) is 15.6 Å². The first-order valence-corrected chi connectivity index (χ1v) is 7.60. The average Bonchev–Trinajstić information content (AvgIpc) is 2.68. The fourth-order valence-electron chi connectivity index (χ4n) is 2.46. The molecule has 1 aliphatic heterocycles. The Balaban J connectivity index is 1.74. The van der Waals surface area contributed by atoms with E-state index in [4.69, 9.17) is 15.3 Å². The third-order valence-corrected chi connectivity index (χ3v) is 3.73. The van der Waals surface area contributed by atoms with Gasteiger partial charge >= 0.3 is 0 Å². The Morgan fingerprint density at radius 3 is 3.00 bits per heavy atom. The third-order valence-electron chi connectivity index (χ3n) is 3.73. The fraction of sp³-hybridized carbons (Fsp3) is 0.235. The molecule has 0 spiro atoms. The maximum absolute atomic E-state index is 12.3. The van der Waals surface area contributed by atoms with Gasteiger partial charge in [0.05, 0.1) is 37.5 Å². The highest BCUT2D eigenvalue weighted by Crippen LogP contribution is 2.21. The highest BCUT2D eigenvalue weighted by molar-refractivity contribution is 5.94. The van der Waals surface area contributed by atoms with Crippen LogP contribution in [0.2, 0.25) is 0 Å². The quantitative estimate of drug-likeness (QED) is 0.837. The number of nitrogens with one attached hydrogen (secondary N) is 1. The van der Waals surface area contributed by atoms with Crippen LogP contribution < -0.4 is 5.32 Å². The SMILES string of the molecule is N#Cc1cccc(-c2cnnc(NC(=O)[C@H]3CN(C#N)CCO3)c2)c1. The number of hydrogen-bond donors (Lipinski definition) is 1. The van der Waals surface area contributed by atoms with E-state index in [0.29, 0.717) is 18.7 Å². The summed E-state index contributed by atoms with van der Waals surface area (Å²) in [6.07, 6.45) is 2.83. The van der Waals surface area contributed by atoms with Crippen molar-refractivity contribution in [3.8, 4) is 23.4 Å². The van der Waals surface area contributed by atoms with E-state index in [1.165, 1.54) is 4.90 Å². The lowest BCUT2D eigenvalue weighted by Gasteiger charge is -2.27. The summed E-state index contributed by atoms with van der Waals surface area (Å²) >= 11 is 0. The highest BCUT2D eigenvalue weighted by Gasteiger charge is 2.26. The number of rotatable bonds is 3. The second-order valence-electron chi connectivity index (χ2n) is 5.42. The Bertz CT molecular complexity index is 870. The summed E-state index contributed by atoms with van der Waals surface area (Å²) in [6, 6.07) is 10.8. The van der Waals surface area contributed by atoms with Crippen LogP contribution in [0.5, 0.6) is 0 Å². The highest BCUT2D eigenvalue weighted by atomic mass is 16.5. The lowest BCUT2D eigenvalue weighted by Crippen LogP contribution is -2.46. The van der Waals surface area contributed by atoms with Gasteiger partial charge in [0, 0.05) is 5.56 Å². The topological polar surface area (TPSA) is 115 Å². The summed E-state index contributed by atoms with van der Waals surface area (Å²) in [6.45, 7) is 1.00. The van der Waals surface area contributed by atoms with Crippen molar-refractivity contribution in [2.24, 2.45) is 0 Å². The third kappa shape index (κ3) is 3.89. The Hall–Kier alpha value is -3.49. The molecule has 1 saturated heterocycles. The molecule has 0 saturated carbocycles. The van der Waals surface area contributed by atoms with Gasteiger partial charge in [-0.3, -0.25) is 4.79 Å². The first-order valence-electron chi connectivity index (χ1n) is 7.60. The minimum atomic E-state index is -0.735. The predicted octanol–water partition coefficient (Wildman–Crippen LogP) is 1.14. The Morgan fingerprint density at radius 2 is 2.20 bits per heavy atom. The van der Waals surface area contributed by atoms with E-state index in [9.17, 15) is 4.79 Å². The lowest BCUT2D eigenvalue weighted by atomic mass is 10.1. The van der Waals surface area contributed by atoms with E-state index in [0.717, 1.165) is 11.1 Å². The number of carbonyl (C=O) groups is 1. The van der Waals surface area contributed by atoms with E-state index >= 15 is 0 Å². The molecule has 3 rings (SSSR count). The van der Waals surface area contributed by atoms with Crippen LogP contribution in [0.3, 0.4) is 0 Å². The molecule has 0 radical (unpaired) electrons. The zero-order chi connectivity index (χ0) is 17.6. The molecule has 0 aliphatic carbocycles. The molecule has 0 unspecified atom stereocenters. The van der Waals surface area contributed by atoms with Crippen LogP contribution in [-0.4, -0.2) is 46.8 Å². The molecular formula is C17H14N6O2. The summed E-state index contributed by atoms with van der Waals surface area (Å²) < 4.78 is 5.40. The maximum Gasteiger partial charge on any atom is 0.256 e. The smallest absolute Gasteiger partial charge is 0.256 e. The second kappa shape index (κ2) is 7.39. The number of ether oxygens (including phenoxy) is 1. The first kappa shape index (κ1) is 16.4. The van der Waals surface area contributed by atoms with E-state index in [1.54, 1.807) is 30.5 Å². The van der Waals surface area contributed by atoms with Crippen molar-refractivity contribution in [3.63, 3.8) is 0 Å². The van der Waals surface area contributed by atoms with Crippen LogP contribution >= 0.6 is 0 Å². The average molecular weight is 334 g/mol. The predicted molar refractivity (Wildman–Crippen MR) is 87.7 cm³/mol. The number of anilines is 1. The van der Waals surface area contributed by atoms with Gasteiger partial charge in [-0.25, -0.2) is 0 Å². The van der Waals surface area contributed by atoms with Gasteiger partial charge in [0.1, 0.15) is 0 Å². The van der Waals surface area contributed by atoms with Crippen LogP contribution in [0.25, 0.3) is 11.1 Å². The molecule has 1 fully saturated rings. The van der Waals surface area contributed by atoms with E-state index in [-0.39, 0.29) is 18.3 Å². The van der Waals surface area contributed by atoms with Crippen LogP contribution in [0.1, 0.15) is 5.56 Å². The summed E-state index contributed by atoms with van der Waals surface area (Å²) in [5, 5.41) is 28.4. The normalized spacial score (nSPS) is 16.6. The van der Waals surface area contributed by atoms with Gasteiger partial charge in [0.15, 0.2) is 18.1 Å². The summed E-state index contributed by atoms with van der Waals surface area (Å²) in [5.41, 5.74) is 2.06. The number of morpholine rings is 1. The molecule has 0 bridgehead atoms. The lowest BCUT2D eigenvalue weighted by molar-refractivity contribution is -0.131. The Morgan fingerprint density at radius 1 is 1.32 bits per heavy atom. The summed E-state index contributed by atoms with van der Waals surface area (Å²) in [5.74, 6) is -0.0975. The molecule has 1 aromatic heterocycles. The fourth-order valence-corrected chi connectivity index (χ4v) is 2.46. The van der Waals surface area contributed by atoms with Crippen molar-refractivity contribution >= 4 is 11.7 Å². The molecule has 8 heteroatoms. The Kier molecular flexibility index (Phi) is 4.84. The van der Waals surface area contributed by atoms with Crippen LogP contribution in [0.15, 0.2) is 36.5 Å². The summed E-state index contributed by atoms with van der Waals surface area (Å²) in [4.78, 5) is 13.8. The van der Waals surface area contributed by atoms with Crippen molar-refractivity contribution in [2.45, 2.75) is 6.10 Å². The monoisotopic (exact) mass is 334 g/mol. The molecule has 1 N–H and O–H groups in total. The number of benzene rings is 1. The van der Waals surface area contributed by atoms with Crippen molar-refractivity contribution in [1.29, 1.82) is 10.5 Å². The molecule has 2 heterocycles. The van der Waals surface area contributed by atoms with E-state index in [2.05, 4.69) is 21.6 Å². The Labute approximate surface area is 144 Å². The molecule has 124 valence electrons. The molecule has 1 amide bonds. The minimum Gasteiger partial charge on any atom is -0.365 e. The van der Waals surface area contributed by atoms with Crippen LogP contribution in [-0.2, 0) is 9.53 Å². The minimum absolute atomic E-state index is 0.208. The van der Waals surface area contributed by atoms with E-state index in [1.807, 2.05) is 12.3 Å². The van der Waals surface area contributed by atoms with Gasteiger partial charge in [0.2, 0.25) is 0 Å². The molecule has 8 nitrogen and oxygen atoms in total. The molecular weight excluding hydrogens is 320 g/mol. The van der Waals surface area contributed by atoms with Gasteiger partial charge < -0.3 is 15.0 Å². The summed E-state index contributed by atoms with van der Waals surface area (Å²) in [7, 11) is 0. The second-order valence-corrected chi connectivity index (χ2v) is 5.42. The van der Waals surface area contributed by atoms with Crippen LogP contribution in [0, 0.1) is 22.8 Å². The number of aromatic nitrogens is 2. The van der Waals surface area contributed by atoms with Gasteiger partial charge in [-0.05, 0) is 23.8 Å². The van der Waals surface area contributed by atoms with Gasteiger partial charge in [0.25, 0.3) is 5.91 Å². The van der Waals surface area contributed by atoms with Gasteiger partial charge in [-0.15, -0.1) is 5.10 Å². The largest absolute Gasteiger partial charge is 0.365 e. The zero-order valence-electron chi connectivity index (χ0n) is 13.2. The zero-order valence-corrected chi connectivity index (χ0v) is 13.2. The number of hydrogen-bond acceptors (Lipinski definition) is 7. The first-order chi connectivity index (χ1) is 12.2. The molecule has 25 heavy (non-hydrogen) atoms. The van der Waals surface area contributed by atoms with Crippen molar-refractivity contribution < 1.29 is 9.53 Å². The van der Waals surface area contributed by atoms with Crippen molar-refractivity contribution in [1.82, 2.24) is 15.1 Å². The van der Waals surface area contributed by atoms with Crippen molar-refractivity contribution in [2.75, 3.05) is 25.0 Å². The van der Waals surface area contributed by atoms with Crippen LogP contribution in [0.4, 0.5) is 5.82 Å². The number of amides is 1. The number of carbonyl (C=O) groups excluding carboxylic acids is 1. The van der Waals surface area contributed by atoms with Gasteiger partial charge in [-0.1, -0.05) is 12.1 Å². The molecule has 1 atom stereocenters. The number of nitrogens with zero attached hydrogens (tertiary/aromatic N) is 5. The molecule has 2 aromatic rings.